The fraction of sp³-hybridized carbons (Fsp3) is 0.231. The Morgan fingerprint density at radius 2 is 1.79 bits per heavy atom. The number of rotatable bonds is 2. The lowest BCUT2D eigenvalue weighted by molar-refractivity contribution is 0.419. The van der Waals surface area contributed by atoms with E-state index in [1.54, 1.807) is 7.11 Å². The molecule has 0 aliphatic heterocycles. The van der Waals surface area contributed by atoms with Crippen molar-refractivity contribution in [1.29, 1.82) is 0 Å². The van der Waals surface area contributed by atoms with Crippen LogP contribution in [0.5, 0.6) is 5.75 Å². The number of ether oxygens (including phenoxy) is 1. The molecule has 0 heterocycles. The van der Waals surface area contributed by atoms with Crippen molar-refractivity contribution in [3.63, 3.8) is 0 Å². The fourth-order valence-electron chi connectivity index (χ4n) is 1.85. The molecule has 0 amide bonds. The number of fused-ring (bicyclic) bond motifs is 1. The largest absolute Gasteiger partial charge is 0.496 e. The highest BCUT2D eigenvalue weighted by molar-refractivity contribution is 5.91. The van der Waals surface area contributed by atoms with E-state index in [0.29, 0.717) is 0 Å². The van der Waals surface area contributed by atoms with E-state index >= 15 is 0 Å². The second-order valence-corrected chi connectivity index (χ2v) is 3.33. The molecule has 0 spiro atoms. The Morgan fingerprint density at radius 3 is 2.43 bits per heavy atom. The third-order valence-corrected chi connectivity index (χ3v) is 2.55. The molecule has 0 atom stereocenters. The van der Waals surface area contributed by atoms with Crippen LogP contribution in [0.1, 0.15) is 12.5 Å². The molecule has 2 rings (SSSR count). The molecule has 0 saturated carbocycles. The topological polar surface area (TPSA) is 9.23 Å². The van der Waals surface area contributed by atoms with Crippen LogP contribution in [0.2, 0.25) is 0 Å². The summed E-state index contributed by atoms with van der Waals surface area (Å²) in [6, 6.07) is 12.5. The number of hydrogen-bond acceptors (Lipinski definition) is 1. The van der Waals surface area contributed by atoms with E-state index < -0.39 is 0 Å². The molecule has 0 radical (unpaired) electrons. The molecule has 72 valence electrons. The van der Waals surface area contributed by atoms with Crippen molar-refractivity contribution in [2.24, 2.45) is 0 Å². The van der Waals surface area contributed by atoms with Crippen LogP contribution < -0.4 is 4.74 Å². The standard InChI is InChI=1S/C13H14O/c1-3-10-6-4-7-11-8-5-9-12(14-2)13(10)11/h4-9H,3H2,1-2H3. The maximum Gasteiger partial charge on any atom is 0.126 e. The van der Waals surface area contributed by atoms with Crippen LogP contribution in [-0.2, 0) is 6.42 Å². The third kappa shape index (κ3) is 1.35. The second-order valence-electron chi connectivity index (χ2n) is 3.33. The van der Waals surface area contributed by atoms with Crippen molar-refractivity contribution in [3.8, 4) is 5.75 Å². The van der Waals surface area contributed by atoms with E-state index in [9.17, 15) is 0 Å². The second kappa shape index (κ2) is 3.70. The Morgan fingerprint density at radius 1 is 1.07 bits per heavy atom. The molecular weight excluding hydrogens is 172 g/mol. The Labute approximate surface area is 84.3 Å². The van der Waals surface area contributed by atoms with Gasteiger partial charge in [0.15, 0.2) is 0 Å². The van der Waals surface area contributed by atoms with Crippen LogP contribution in [0.3, 0.4) is 0 Å². The summed E-state index contributed by atoms with van der Waals surface area (Å²) in [6.45, 7) is 2.17. The van der Waals surface area contributed by atoms with E-state index in [0.717, 1.165) is 12.2 Å². The molecule has 0 N–H and O–H groups in total. The average Bonchev–Trinajstić information content (AvgIpc) is 2.27. The lowest BCUT2D eigenvalue weighted by Gasteiger charge is -2.08. The lowest BCUT2D eigenvalue weighted by Crippen LogP contribution is -1.89. The molecule has 1 nitrogen and oxygen atoms in total. The van der Waals surface area contributed by atoms with Gasteiger partial charge in [-0.3, -0.25) is 0 Å². The Hall–Kier alpha value is -1.50. The van der Waals surface area contributed by atoms with Crippen molar-refractivity contribution in [2.75, 3.05) is 7.11 Å². The fourth-order valence-corrected chi connectivity index (χ4v) is 1.85. The minimum Gasteiger partial charge on any atom is -0.496 e. The summed E-state index contributed by atoms with van der Waals surface area (Å²) in [5, 5.41) is 2.50. The van der Waals surface area contributed by atoms with Crippen LogP contribution in [0.4, 0.5) is 0 Å². The summed E-state index contributed by atoms with van der Waals surface area (Å²) >= 11 is 0. The van der Waals surface area contributed by atoms with Crippen molar-refractivity contribution in [2.45, 2.75) is 13.3 Å². The summed E-state index contributed by atoms with van der Waals surface area (Å²) in [7, 11) is 1.72. The molecule has 0 saturated heterocycles. The van der Waals surface area contributed by atoms with Crippen LogP contribution in [-0.4, -0.2) is 7.11 Å². The van der Waals surface area contributed by atoms with Crippen molar-refractivity contribution < 1.29 is 4.74 Å². The van der Waals surface area contributed by atoms with Gasteiger partial charge in [0.2, 0.25) is 0 Å². The molecule has 14 heavy (non-hydrogen) atoms. The molecule has 0 aliphatic rings. The minimum atomic E-state index is 0.972. The Balaban J connectivity index is 2.81. The van der Waals surface area contributed by atoms with E-state index in [1.165, 1.54) is 16.3 Å². The smallest absolute Gasteiger partial charge is 0.126 e. The summed E-state index contributed by atoms with van der Waals surface area (Å²) in [5.41, 5.74) is 1.35. The van der Waals surface area contributed by atoms with Gasteiger partial charge in [-0.25, -0.2) is 0 Å². The number of methoxy groups -OCH3 is 1. The molecule has 0 unspecified atom stereocenters. The zero-order valence-corrected chi connectivity index (χ0v) is 8.58. The van der Waals surface area contributed by atoms with Gasteiger partial charge in [-0.1, -0.05) is 37.3 Å². The van der Waals surface area contributed by atoms with E-state index in [4.69, 9.17) is 4.74 Å². The Kier molecular flexibility index (Phi) is 2.40. The highest BCUT2D eigenvalue weighted by atomic mass is 16.5. The lowest BCUT2D eigenvalue weighted by atomic mass is 10.0. The van der Waals surface area contributed by atoms with Gasteiger partial charge in [-0.2, -0.15) is 0 Å². The van der Waals surface area contributed by atoms with Crippen molar-refractivity contribution in [3.05, 3.63) is 42.0 Å². The predicted octanol–water partition coefficient (Wildman–Crippen LogP) is 3.41. The van der Waals surface area contributed by atoms with Gasteiger partial charge in [0.05, 0.1) is 7.11 Å². The molecule has 2 aromatic rings. The van der Waals surface area contributed by atoms with E-state index in [1.807, 2.05) is 12.1 Å². The van der Waals surface area contributed by atoms with E-state index in [-0.39, 0.29) is 0 Å². The third-order valence-electron chi connectivity index (χ3n) is 2.55. The summed E-state index contributed by atoms with van der Waals surface area (Å²) in [4.78, 5) is 0. The molecule has 2 aromatic carbocycles. The minimum absolute atomic E-state index is 0.972. The summed E-state index contributed by atoms with van der Waals surface area (Å²) < 4.78 is 5.37. The first-order valence-corrected chi connectivity index (χ1v) is 4.91. The van der Waals surface area contributed by atoms with Crippen molar-refractivity contribution >= 4 is 10.8 Å². The molecule has 0 aliphatic carbocycles. The number of benzene rings is 2. The van der Waals surface area contributed by atoms with Crippen molar-refractivity contribution in [1.82, 2.24) is 0 Å². The molecule has 0 fully saturated rings. The Bertz CT molecular complexity index is 407. The zero-order chi connectivity index (χ0) is 9.97. The van der Waals surface area contributed by atoms with Crippen LogP contribution in [0, 0.1) is 0 Å². The maximum absolute atomic E-state index is 5.37. The predicted molar refractivity (Wildman–Crippen MR) is 59.9 cm³/mol. The van der Waals surface area contributed by atoms with Crippen LogP contribution in [0.15, 0.2) is 36.4 Å². The highest BCUT2D eigenvalue weighted by Crippen LogP contribution is 2.28. The first kappa shape index (κ1) is 9.07. The highest BCUT2D eigenvalue weighted by Gasteiger charge is 2.04. The maximum atomic E-state index is 5.37. The van der Waals surface area contributed by atoms with Gasteiger partial charge in [0, 0.05) is 5.39 Å². The van der Waals surface area contributed by atoms with Crippen LogP contribution in [0.25, 0.3) is 10.8 Å². The van der Waals surface area contributed by atoms with Crippen LogP contribution >= 0.6 is 0 Å². The number of aryl methyl sites for hydroxylation is 1. The molecule has 1 heteroatoms. The SMILES string of the molecule is CCc1cccc2cccc(OC)c12. The zero-order valence-electron chi connectivity index (χ0n) is 8.58. The van der Waals surface area contributed by atoms with E-state index in [2.05, 4.69) is 31.2 Å². The van der Waals surface area contributed by atoms with Gasteiger partial charge in [0.1, 0.15) is 5.75 Å². The molecule has 0 bridgehead atoms. The molecule has 0 aromatic heterocycles. The molecular formula is C13H14O. The normalized spacial score (nSPS) is 10.4. The first-order chi connectivity index (χ1) is 6.86. The average molecular weight is 186 g/mol. The van der Waals surface area contributed by atoms with Gasteiger partial charge in [-0.05, 0) is 23.4 Å². The first-order valence-electron chi connectivity index (χ1n) is 4.91. The van der Waals surface area contributed by atoms with Gasteiger partial charge >= 0.3 is 0 Å². The van der Waals surface area contributed by atoms with Gasteiger partial charge in [0.25, 0.3) is 0 Å². The number of hydrogen-bond donors (Lipinski definition) is 0. The quantitative estimate of drug-likeness (QED) is 0.698. The summed E-state index contributed by atoms with van der Waals surface area (Å²) in [6.07, 6.45) is 1.04. The van der Waals surface area contributed by atoms with Gasteiger partial charge in [-0.15, -0.1) is 0 Å². The van der Waals surface area contributed by atoms with Gasteiger partial charge < -0.3 is 4.74 Å². The summed E-state index contributed by atoms with van der Waals surface area (Å²) in [5.74, 6) is 0.972. The monoisotopic (exact) mass is 186 g/mol.